The number of hydrogen-bond acceptors (Lipinski definition) is 2. The minimum Gasteiger partial charge on any atom is -0.323 e. The van der Waals surface area contributed by atoms with Crippen molar-refractivity contribution in [1.82, 2.24) is 0 Å². The first kappa shape index (κ1) is 14.7. The van der Waals surface area contributed by atoms with Gasteiger partial charge in [-0.1, -0.05) is 35.9 Å². The lowest BCUT2D eigenvalue weighted by Crippen LogP contribution is -2.34. The molecule has 1 aliphatic carbocycles. The zero-order valence-corrected chi connectivity index (χ0v) is 12.8. The Morgan fingerprint density at radius 3 is 2.76 bits per heavy atom. The Kier molecular flexibility index (Phi) is 4.11. The number of nitrogens with two attached hydrogens (primary N) is 1. The minimum absolute atomic E-state index is 0.00867. The molecular formula is C16H15ClFNOS. The van der Waals surface area contributed by atoms with E-state index in [-0.39, 0.29) is 16.3 Å². The second kappa shape index (κ2) is 5.87. The first-order valence-electron chi connectivity index (χ1n) is 6.77. The number of benzene rings is 2. The molecule has 0 saturated carbocycles. The quantitative estimate of drug-likeness (QED) is 0.917. The van der Waals surface area contributed by atoms with Crippen LogP contribution in [0.25, 0.3) is 0 Å². The van der Waals surface area contributed by atoms with Gasteiger partial charge < -0.3 is 5.73 Å². The highest BCUT2D eigenvalue weighted by molar-refractivity contribution is 7.85. The van der Waals surface area contributed by atoms with Crippen molar-refractivity contribution in [3.8, 4) is 0 Å². The standard InChI is InChI=1S/C16H15ClFNOS/c17-13-9-11(6-7-14(13)18)21(20)15-8-5-10-3-1-2-4-12(10)16(15)19/h1-4,6-7,9,15-16H,5,8,19H2. The van der Waals surface area contributed by atoms with Crippen LogP contribution >= 0.6 is 11.6 Å². The molecular weight excluding hydrogens is 309 g/mol. The fraction of sp³-hybridized carbons (Fsp3) is 0.250. The van der Waals surface area contributed by atoms with Gasteiger partial charge in [-0.2, -0.15) is 0 Å². The molecule has 2 nitrogen and oxygen atoms in total. The topological polar surface area (TPSA) is 43.1 Å². The van der Waals surface area contributed by atoms with Crippen LogP contribution in [0.3, 0.4) is 0 Å². The van der Waals surface area contributed by atoms with Gasteiger partial charge in [0.2, 0.25) is 0 Å². The summed E-state index contributed by atoms with van der Waals surface area (Å²) in [5, 5.41) is -0.188. The number of hydrogen-bond donors (Lipinski definition) is 1. The fourth-order valence-electron chi connectivity index (χ4n) is 2.78. The van der Waals surface area contributed by atoms with Crippen LogP contribution in [-0.2, 0) is 17.2 Å². The lowest BCUT2D eigenvalue weighted by molar-refractivity contribution is 0.563. The van der Waals surface area contributed by atoms with Gasteiger partial charge in [-0.3, -0.25) is 4.21 Å². The van der Waals surface area contributed by atoms with E-state index in [9.17, 15) is 8.60 Å². The molecule has 3 atom stereocenters. The van der Waals surface area contributed by atoms with E-state index in [0.29, 0.717) is 4.90 Å². The van der Waals surface area contributed by atoms with Gasteiger partial charge in [0.1, 0.15) is 5.82 Å². The van der Waals surface area contributed by atoms with Crippen molar-refractivity contribution >= 4 is 22.4 Å². The Morgan fingerprint density at radius 2 is 2.00 bits per heavy atom. The molecule has 0 fully saturated rings. The molecule has 0 aliphatic heterocycles. The maximum atomic E-state index is 13.2. The molecule has 2 aromatic carbocycles. The summed E-state index contributed by atoms with van der Waals surface area (Å²) < 4.78 is 26.0. The van der Waals surface area contributed by atoms with Gasteiger partial charge in [0.15, 0.2) is 0 Å². The second-order valence-corrected chi connectivity index (χ2v) is 7.25. The first-order chi connectivity index (χ1) is 10.1. The molecule has 3 unspecified atom stereocenters. The number of rotatable bonds is 2. The molecule has 5 heteroatoms. The maximum Gasteiger partial charge on any atom is 0.141 e. The Bertz CT molecular complexity index is 706. The number of halogens is 2. The monoisotopic (exact) mass is 323 g/mol. The van der Waals surface area contributed by atoms with Gasteiger partial charge >= 0.3 is 0 Å². The van der Waals surface area contributed by atoms with Crippen LogP contribution in [0.4, 0.5) is 4.39 Å². The van der Waals surface area contributed by atoms with Crippen LogP contribution in [-0.4, -0.2) is 9.46 Å². The summed E-state index contributed by atoms with van der Waals surface area (Å²) in [6.07, 6.45) is 1.61. The Hall–Kier alpha value is -1.23. The van der Waals surface area contributed by atoms with E-state index in [4.69, 9.17) is 17.3 Å². The highest BCUT2D eigenvalue weighted by Crippen LogP contribution is 2.33. The highest BCUT2D eigenvalue weighted by atomic mass is 35.5. The van der Waals surface area contributed by atoms with Crippen LogP contribution in [0.2, 0.25) is 5.02 Å². The zero-order chi connectivity index (χ0) is 15.0. The van der Waals surface area contributed by atoms with Crippen molar-refractivity contribution in [2.24, 2.45) is 5.73 Å². The van der Waals surface area contributed by atoms with E-state index in [1.807, 2.05) is 18.2 Å². The van der Waals surface area contributed by atoms with Gasteiger partial charge in [0.25, 0.3) is 0 Å². The van der Waals surface area contributed by atoms with Crippen LogP contribution in [0.15, 0.2) is 47.4 Å². The summed E-state index contributed by atoms with van der Waals surface area (Å²) >= 11 is 5.77. The molecule has 0 radical (unpaired) electrons. The van der Waals surface area contributed by atoms with Crippen molar-refractivity contribution in [2.45, 2.75) is 29.0 Å². The molecule has 110 valence electrons. The van der Waals surface area contributed by atoms with E-state index >= 15 is 0 Å². The third-order valence-corrected chi connectivity index (χ3v) is 6.00. The van der Waals surface area contributed by atoms with Gasteiger partial charge in [-0.05, 0) is 42.2 Å². The predicted octanol–water partition coefficient (Wildman–Crippen LogP) is 3.60. The van der Waals surface area contributed by atoms with Crippen molar-refractivity contribution in [3.63, 3.8) is 0 Å². The maximum absolute atomic E-state index is 13.2. The Labute approximate surface area is 130 Å². The molecule has 1 aliphatic rings. The molecule has 0 spiro atoms. The van der Waals surface area contributed by atoms with Crippen LogP contribution in [0, 0.1) is 5.82 Å². The molecule has 2 N–H and O–H groups in total. The average Bonchev–Trinajstić information content (AvgIpc) is 2.50. The van der Waals surface area contributed by atoms with Gasteiger partial charge in [-0.15, -0.1) is 0 Å². The molecule has 0 saturated heterocycles. The molecule has 21 heavy (non-hydrogen) atoms. The summed E-state index contributed by atoms with van der Waals surface area (Å²) in [5.74, 6) is -0.504. The molecule has 0 aromatic heterocycles. The second-order valence-electron chi connectivity index (χ2n) is 5.18. The van der Waals surface area contributed by atoms with E-state index in [1.165, 1.54) is 23.8 Å². The average molecular weight is 324 g/mol. The Balaban J connectivity index is 1.91. The molecule has 0 amide bonds. The molecule has 3 rings (SSSR count). The van der Waals surface area contributed by atoms with Crippen molar-refractivity contribution < 1.29 is 8.60 Å². The summed E-state index contributed by atoms with van der Waals surface area (Å²) in [7, 11) is -1.30. The van der Waals surface area contributed by atoms with Gasteiger partial charge in [-0.25, -0.2) is 4.39 Å². The third kappa shape index (κ3) is 2.76. The molecule has 0 bridgehead atoms. The minimum atomic E-state index is -1.30. The van der Waals surface area contributed by atoms with E-state index in [1.54, 1.807) is 0 Å². The smallest absolute Gasteiger partial charge is 0.141 e. The lowest BCUT2D eigenvalue weighted by Gasteiger charge is -2.30. The van der Waals surface area contributed by atoms with E-state index in [0.717, 1.165) is 18.4 Å². The summed E-state index contributed by atoms with van der Waals surface area (Å²) in [6, 6.07) is 11.9. The third-order valence-electron chi connectivity index (χ3n) is 3.91. The predicted molar refractivity (Wildman–Crippen MR) is 83.3 cm³/mol. The first-order valence-corrected chi connectivity index (χ1v) is 8.36. The van der Waals surface area contributed by atoms with Gasteiger partial charge in [0, 0.05) is 10.9 Å². The fourth-order valence-corrected chi connectivity index (χ4v) is 4.56. The van der Waals surface area contributed by atoms with Crippen molar-refractivity contribution in [1.29, 1.82) is 0 Å². The molecule has 0 heterocycles. The van der Waals surface area contributed by atoms with Crippen LogP contribution < -0.4 is 5.73 Å². The number of aryl methyl sites for hydroxylation is 1. The van der Waals surface area contributed by atoms with Gasteiger partial charge in [0.05, 0.1) is 21.1 Å². The normalized spacial score (nSPS) is 22.6. The van der Waals surface area contributed by atoms with E-state index < -0.39 is 16.6 Å². The van der Waals surface area contributed by atoms with Crippen LogP contribution in [0.5, 0.6) is 0 Å². The van der Waals surface area contributed by atoms with E-state index in [2.05, 4.69) is 6.07 Å². The largest absolute Gasteiger partial charge is 0.323 e. The number of fused-ring (bicyclic) bond motifs is 1. The van der Waals surface area contributed by atoms with Crippen molar-refractivity contribution in [3.05, 3.63) is 64.4 Å². The SMILES string of the molecule is NC1c2ccccc2CCC1S(=O)c1ccc(F)c(Cl)c1. The Morgan fingerprint density at radius 1 is 1.24 bits per heavy atom. The highest BCUT2D eigenvalue weighted by Gasteiger charge is 2.31. The summed E-state index contributed by atoms with van der Waals surface area (Å²) in [4.78, 5) is 0.529. The summed E-state index contributed by atoms with van der Waals surface area (Å²) in [6.45, 7) is 0. The zero-order valence-electron chi connectivity index (χ0n) is 11.3. The van der Waals surface area contributed by atoms with Crippen molar-refractivity contribution in [2.75, 3.05) is 0 Å². The lowest BCUT2D eigenvalue weighted by atomic mass is 9.88. The van der Waals surface area contributed by atoms with Crippen LogP contribution in [0.1, 0.15) is 23.6 Å². The molecule has 2 aromatic rings. The summed E-state index contributed by atoms with van der Waals surface area (Å²) in [5.41, 5.74) is 8.57.